The standard InChI is InChI=1S/C17H15FN2O/c1-11-6-7-13-14(17(21)20-16(13)8-11)10-19-9-12-4-2-3-5-15(12)18/h2-8,10,20-21H,9H2,1H3. The molecular weight excluding hydrogens is 267 g/mol. The molecule has 0 aliphatic heterocycles. The number of aromatic hydroxyl groups is 1. The van der Waals surface area contributed by atoms with Gasteiger partial charge in [-0.1, -0.05) is 30.3 Å². The number of benzene rings is 2. The first-order valence-corrected chi connectivity index (χ1v) is 6.69. The van der Waals surface area contributed by atoms with Crippen LogP contribution in [0.1, 0.15) is 16.7 Å². The van der Waals surface area contributed by atoms with Crippen molar-refractivity contribution in [1.29, 1.82) is 0 Å². The summed E-state index contributed by atoms with van der Waals surface area (Å²) in [6.07, 6.45) is 1.58. The molecule has 0 bridgehead atoms. The average Bonchev–Trinajstić information content (AvgIpc) is 2.76. The number of aliphatic imine (C=N–C) groups is 1. The average molecular weight is 282 g/mol. The Kier molecular flexibility index (Phi) is 3.44. The first kappa shape index (κ1) is 13.4. The Morgan fingerprint density at radius 3 is 2.86 bits per heavy atom. The third kappa shape index (κ3) is 2.65. The van der Waals surface area contributed by atoms with Crippen molar-refractivity contribution >= 4 is 17.1 Å². The smallest absolute Gasteiger partial charge is 0.198 e. The van der Waals surface area contributed by atoms with Gasteiger partial charge in [0.2, 0.25) is 0 Å². The van der Waals surface area contributed by atoms with Crippen LogP contribution in [0.2, 0.25) is 0 Å². The molecule has 0 spiro atoms. The van der Waals surface area contributed by atoms with Gasteiger partial charge in [0.05, 0.1) is 12.1 Å². The number of fused-ring (bicyclic) bond motifs is 1. The minimum Gasteiger partial charge on any atom is -0.494 e. The highest BCUT2D eigenvalue weighted by Gasteiger charge is 2.08. The summed E-state index contributed by atoms with van der Waals surface area (Å²) in [4.78, 5) is 7.15. The zero-order chi connectivity index (χ0) is 14.8. The van der Waals surface area contributed by atoms with Crippen LogP contribution >= 0.6 is 0 Å². The van der Waals surface area contributed by atoms with E-state index >= 15 is 0 Å². The van der Waals surface area contributed by atoms with Crippen LogP contribution in [-0.4, -0.2) is 16.3 Å². The Morgan fingerprint density at radius 1 is 1.24 bits per heavy atom. The molecule has 3 nitrogen and oxygen atoms in total. The van der Waals surface area contributed by atoms with Crippen molar-refractivity contribution in [2.75, 3.05) is 0 Å². The highest BCUT2D eigenvalue weighted by atomic mass is 19.1. The van der Waals surface area contributed by atoms with Crippen LogP contribution in [0.25, 0.3) is 10.9 Å². The second kappa shape index (κ2) is 5.40. The van der Waals surface area contributed by atoms with Crippen LogP contribution in [0.15, 0.2) is 47.5 Å². The Bertz CT molecular complexity index is 821. The molecule has 0 radical (unpaired) electrons. The monoisotopic (exact) mass is 282 g/mol. The van der Waals surface area contributed by atoms with Crippen LogP contribution in [0.4, 0.5) is 4.39 Å². The Balaban J connectivity index is 1.90. The van der Waals surface area contributed by atoms with Crippen molar-refractivity contribution < 1.29 is 9.50 Å². The van der Waals surface area contributed by atoms with Crippen molar-refractivity contribution in [2.45, 2.75) is 13.5 Å². The molecule has 0 amide bonds. The fourth-order valence-corrected chi connectivity index (χ4v) is 2.31. The van der Waals surface area contributed by atoms with Gasteiger partial charge in [-0.2, -0.15) is 0 Å². The fraction of sp³-hybridized carbons (Fsp3) is 0.118. The lowest BCUT2D eigenvalue weighted by Crippen LogP contribution is -1.88. The largest absolute Gasteiger partial charge is 0.494 e. The van der Waals surface area contributed by atoms with E-state index in [1.807, 2.05) is 25.1 Å². The summed E-state index contributed by atoms with van der Waals surface area (Å²) < 4.78 is 13.5. The molecule has 4 heteroatoms. The SMILES string of the molecule is Cc1ccc2c(C=NCc3ccccc3F)c(O)[nH]c2c1. The molecular formula is C17H15FN2O. The van der Waals surface area contributed by atoms with E-state index in [4.69, 9.17) is 0 Å². The molecule has 0 unspecified atom stereocenters. The number of aromatic nitrogens is 1. The highest BCUT2D eigenvalue weighted by Crippen LogP contribution is 2.26. The van der Waals surface area contributed by atoms with Crippen LogP contribution in [-0.2, 0) is 6.54 Å². The normalized spacial score (nSPS) is 11.5. The van der Waals surface area contributed by atoms with Gasteiger partial charge in [0.1, 0.15) is 5.82 Å². The zero-order valence-electron chi connectivity index (χ0n) is 11.6. The molecule has 3 aromatic rings. The van der Waals surface area contributed by atoms with E-state index in [1.165, 1.54) is 6.07 Å². The van der Waals surface area contributed by atoms with Gasteiger partial charge < -0.3 is 10.1 Å². The third-order valence-electron chi connectivity index (χ3n) is 3.41. The van der Waals surface area contributed by atoms with E-state index in [-0.39, 0.29) is 18.2 Å². The summed E-state index contributed by atoms with van der Waals surface area (Å²) in [6.45, 7) is 2.23. The van der Waals surface area contributed by atoms with Gasteiger partial charge in [-0.15, -0.1) is 0 Å². The van der Waals surface area contributed by atoms with Crippen LogP contribution in [0.5, 0.6) is 5.88 Å². The number of aryl methyl sites for hydroxylation is 1. The number of hydrogen-bond donors (Lipinski definition) is 2. The maximum Gasteiger partial charge on any atom is 0.198 e. The molecule has 0 aliphatic rings. The maximum absolute atomic E-state index is 13.5. The predicted octanol–water partition coefficient (Wildman–Crippen LogP) is 3.94. The lowest BCUT2D eigenvalue weighted by molar-refractivity contribution is 0.457. The number of nitrogens with one attached hydrogen (secondary N) is 1. The third-order valence-corrected chi connectivity index (χ3v) is 3.41. The molecule has 0 saturated heterocycles. The quantitative estimate of drug-likeness (QED) is 0.702. The molecule has 106 valence electrons. The lowest BCUT2D eigenvalue weighted by Gasteiger charge is -1.98. The minimum absolute atomic E-state index is 0.0767. The molecule has 0 aliphatic carbocycles. The number of rotatable bonds is 3. The summed E-state index contributed by atoms with van der Waals surface area (Å²) in [6, 6.07) is 12.4. The van der Waals surface area contributed by atoms with Crippen molar-refractivity contribution in [2.24, 2.45) is 4.99 Å². The van der Waals surface area contributed by atoms with Crippen LogP contribution < -0.4 is 0 Å². The predicted molar refractivity (Wildman–Crippen MR) is 82.4 cm³/mol. The summed E-state index contributed by atoms with van der Waals surface area (Å²) in [5.41, 5.74) is 3.13. The van der Waals surface area contributed by atoms with Gasteiger partial charge in [0.15, 0.2) is 5.88 Å². The zero-order valence-corrected chi connectivity index (χ0v) is 11.6. The second-order valence-corrected chi connectivity index (χ2v) is 5.00. The minimum atomic E-state index is -0.270. The summed E-state index contributed by atoms with van der Waals surface area (Å²) in [5.74, 6) is -0.193. The number of nitrogens with zero attached hydrogens (tertiary/aromatic N) is 1. The molecule has 0 atom stereocenters. The topological polar surface area (TPSA) is 48.4 Å². The maximum atomic E-state index is 13.5. The van der Waals surface area contributed by atoms with Crippen molar-refractivity contribution in [3.63, 3.8) is 0 Å². The number of H-pyrrole nitrogens is 1. The molecule has 1 aromatic heterocycles. The second-order valence-electron chi connectivity index (χ2n) is 5.00. The van der Waals surface area contributed by atoms with E-state index in [2.05, 4.69) is 9.98 Å². The van der Waals surface area contributed by atoms with Gasteiger partial charge in [-0.25, -0.2) is 4.39 Å². The van der Waals surface area contributed by atoms with Crippen molar-refractivity contribution in [3.8, 4) is 5.88 Å². The Hall–Kier alpha value is -2.62. The molecule has 3 rings (SSSR count). The Morgan fingerprint density at radius 2 is 2.05 bits per heavy atom. The molecule has 0 fully saturated rings. The Labute approximate surface area is 121 Å². The fourth-order valence-electron chi connectivity index (χ4n) is 2.31. The van der Waals surface area contributed by atoms with Gasteiger partial charge in [-0.3, -0.25) is 4.99 Å². The summed E-state index contributed by atoms with van der Waals surface area (Å²) >= 11 is 0. The highest BCUT2D eigenvalue weighted by molar-refractivity contribution is 6.02. The summed E-state index contributed by atoms with van der Waals surface area (Å²) in [7, 11) is 0. The first-order chi connectivity index (χ1) is 10.1. The number of halogens is 1. The molecule has 2 N–H and O–H groups in total. The van der Waals surface area contributed by atoms with E-state index < -0.39 is 0 Å². The molecule has 0 saturated carbocycles. The number of aromatic amines is 1. The van der Waals surface area contributed by atoms with Gasteiger partial charge >= 0.3 is 0 Å². The van der Waals surface area contributed by atoms with Crippen LogP contribution in [0, 0.1) is 12.7 Å². The molecule has 21 heavy (non-hydrogen) atoms. The van der Waals surface area contributed by atoms with Gasteiger partial charge in [-0.05, 0) is 24.6 Å². The van der Waals surface area contributed by atoms with E-state index in [0.717, 1.165) is 16.5 Å². The first-order valence-electron chi connectivity index (χ1n) is 6.69. The van der Waals surface area contributed by atoms with Crippen LogP contribution in [0.3, 0.4) is 0 Å². The number of hydrogen-bond acceptors (Lipinski definition) is 2. The van der Waals surface area contributed by atoms with Crippen molar-refractivity contribution in [3.05, 3.63) is 65.0 Å². The molecule has 1 heterocycles. The summed E-state index contributed by atoms with van der Waals surface area (Å²) in [5, 5.41) is 10.9. The van der Waals surface area contributed by atoms with Gasteiger partial charge in [0.25, 0.3) is 0 Å². The lowest BCUT2D eigenvalue weighted by atomic mass is 10.1. The van der Waals surface area contributed by atoms with E-state index in [1.54, 1.807) is 24.4 Å². The van der Waals surface area contributed by atoms with Gasteiger partial charge in [0, 0.05) is 22.7 Å². The van der Waals surface area contributed by atoms with Crippen molar-refractivity contribution in [1.82, 2.24) is 4.98 Å². The van der Waals surface area contributed by atoms with E-state index in [9.17, 15) is 9.50 Å². The van der Waals surface area contributed by atoms with E-state index in [0.29, 0.717) is 11.1 Å². The molecule has 2 aromatic carbocycles.